The maximum Gasteiger partial charge on any atom is 0.261 e. The molecule has 5 nitrogen and oxygen atoms in total. The summed E-state index contributed by atoms with van der Waals surface area (Å²) in [5, 5.41) is 5.75. The number of nitrogens with one attached hydrogen (secondary N) is 2. The van der Waals surface area contributed by atoms with E-state index in [0.717, 1.165) is 6.54 Å². The van der Waals surface area contributed by atoms with Gasteiger partial charge in [-0.15, -0.1) is 0 Å². The minimum Gasteiger partial charge on any atom is -0.378 e. The molecular formula is C10H18F2N2O3. The zero-order chi connectivity index (χ0) is 12.5. The summed E-state index contributed by atoms with van der Waals surface area (Å²) in [5.74, 6) is -0.131. The molecule has 0 saturated carbocycles. The Bertz CT molecular complexity index is 224. The highest BCUT2D eigenvalue weighted by molar-refractivity contribution is 5.76. The zero-order valence-corrected chi connectivity index (χ0v) is 9.59. The molecule has 0 bridgehead atoms. The van der Waals surface area contributed by atoms with E-state index in [0.29, 0.717) is 19.6 Å². The van der Waals surface area contributed by atoms with Crippen LogP contribution in [0.15, 0.2) is 0 Å². The zero-order valence-electron chi connectivity index (χ0n) is 9.59. The quantitative estimate of drug-likeness (QED) is 0.614. The molecule has 1 fully saturated rings. The molecule has 0 radical (unpaired) electrons. The van der Waals surface area contributed by atoms with Gasteiger partial charge in [0, 0.05) is 25.6 Å². The van der Waals surface area contributed by atoms with Gasteiger partial charge in [-0.2, -0.15) is 0 Å². The Kier molecular flexibility index (Phi) is 6.99. The maximum atomic E-state index is 11.7. The van der Waals surface area contributed by atoms with Gasteiger partial charge in [0.05, 0.1) is 19.8 Å². The second-order valence-electron chi connectivity index (χ2n) is 3.75. The van der Waals surface area contributed by atoms with Crippen LogP contribution in [0.2, 0.25) is 0 Å². The van der Waals surface area contributed by atoms with Crippen LogP contribution in [-0.4, -0.2) is 57.9 Å². The first-order valence-electron chi connectivity index (χ1n) is 5.62. The molecule has 1 aliphatic rings. The van der Waals surface area contributed by atoms with E-state index in [1.165, 1.54) is 0 Å². The third kappa shape index (κ3) is 7.19. The Labute approximate surface area is 98.8 Å². The lowest BCUT2D eigenvalue weighted by Crippen LogP contribution is -2.44. The number of hydrogen-bond acceptors (Lipinski definition) is 4. The van der Waals surface area contributed by atoms with Gasteiger partial charge in [-0.25, -0.2) is 8.78 Å². The second-order valence-corrected chi connectivity index (χ2v) is 3.75. The highest BCUT2D eigenvalue weighted by atomic mass is 19.3. The van der Waals surface area contributed by atoms with Gasteiger partial charge < -0.3 is 20.1 Å². The molecule has 0 aromatic rings. The summed E-state index contributed by atoms with van der Waals surface area (Å²) < 4.78 is 33.2. The van der Waals surface area contributed by atoms with Crippen LogP contribution in [0.1, 0.15) is 6.42 Å². The van der Waals surface area contributed by atoms with Crippen LogP contribution in [0.5, 0.6) is 0 Å². The molecule has 17 heavy (non-hydrogen) atoms. The number of halogens is 2. The number of ether oxygens (including phenoxy) is 2. The van der Waals surface area contributed by atoms with E-state index in [9.17, 15) is 13.6 Å². The third-order valence-electron chi connectivity index (χ3n) is 2.24. The molecule has 0 aliphatic carbocycles. The second kappa shape index (κ2) is 8.32. The summed E-state index contributed by atoms with van der Waals surface area (Å²) in [6.07, 6.45) is -2.14. The van der Waals surface area contributed by atoms with Crippen molar-refractivity contribution in [3.8, 4) is 0 Å². The van der Waals surface area contributed by atoms with Crippen molar-refractivity contribution in [1.82, 2.24) is 10.6 Å². The summed E-state index contributed by atoms with van der Waals surface area (Å²) in [7, 11) is 0. The summed E-state index contributed by atoms with van der Waals surface area (Å²) in [4.78, 5) is 11.4. The Morgan fingerprint density at radius 1 is 1.59 bits per heavy atom. The van der Waals surface area contributed by atoms with Crippen molar-refractivity contribution in [2.24, 2.45) is 0 Å². The molecule has 7 heteroatoms. The van der Waals surface area contributed by atoms with E-state index in [-0.39, 0.29) is 25.1 Å². The Hall–Kier alpha value is -0.790. The normalized spacial score (nSPS) is 20.5. The van der Waals surface area contributed by atoms with Crippen molar-refractivity contribution in [3.63, 3.8) is 0 Å². The largest absolute Gasteiger partial charge is 0.378 e. The average molecular weight is 252 g/mol. The van der Waals surface area contributed by atoms with Crippen LogP contribution >= 0.6 is 0 Å². The SMILES string of the molecule is O=C(CC1COCCN1)NCCOCC(F)F. The Morgan fingerprint density at radius 2 is 2.41 bits per heavy atom. The highest BCUT2D eigenvalue weighted by Gasteiger charge is 2.16. The first-order chi connectivity index (χ1) is 8.18. The van der Waals surface area contributed by atoms with Gasteiger partial charge in [0.2, 0.25) is 5.91 Å². The van der Waals surface area contributed by atoms with E-state index in [2.05, 4.69) is 15.4 Å². The molecule has 1 atom stereocenters. The van der Waals surface area contributed by atoms with E-state index < -0.39 is 13.0 Å². The summed E-state index contributed by atoms with van der Waals surface area (Å²) >= 11 is 0. The van der Waals surface area contributed by atoms with Crippen molar-refractivity contribution in [2.75, 3.05) is 39.5 Å². The molecule has 0 aromatic heterocycles. The summed E-state index contributed by atoms with van der Waals surface area (Å²) in [5.41, 5.74) is 0. The predicted molar refractivity (Wildman–Crippen MR) is 57.1 cm³/mol. The molecule has 1 saturated heterocycles. The highest BCUT2D eigenvalue weighted by Crippen LogP contribution is 1.98. The first kappa shape index (κ1) is 14.3. The fourth-order valence-electron chi connectivity index (χ4n) is 1.48. The van der Waals surface area contributed by atoms with Crippen molar-refractivity contribution in [3.05, 3.63) is 0 Å². The minimum absolute atomic E-state index is 0.0331. The molecule has 1 unspecified atom stereocenters. The average Bonchev–Trinajstić information content (AvgIpc) is 2.29. The van der Waals surface area contributed by atoms with Crippen molar-refractivity contribution >= 4 is 5.91 Å². The van der Waals surface area contributed by atoms with Gasteiger partial charge >= 0.3 is 0 Å². The third-order valence-corrected chi connectivity index (χ3v) is 2.24. The van der Waals surface area contributed by atoms with Crippen LogP contribution in [0, 0.1) is 0 Å². The molecule has 1 aliphatic heterocycles. The molecule has 0 aromatic carbocycles. The molecule has 100 valence electrons. The molecule has 1 rings (SSSR count). The van der Waals surface area contributed by atoms with Crippen LogP contribution in [0.3, 0.4) is 0 Å². The standard InChI is InChI=1S/C10H18F2N2O3/c11-9(12)7-17-4-2-14-10(15)5-8-6-16-3-1-13-8/h8-9,13H,1-7H2,(H,14,15). The van der Waals surface area contributed by atoms with Gasteiger partial charge in [-0.1, -0.05) is 0 Å². The smallest absolute Gasteiger partial charge is 0.261 e. The molecule has 0 spiro atoms. The lowest BCUT2D eigenvalue weighted by molar-refractivity contribution is -0.122. The monoisotopic (exact) mass is 252 g/mol. The van der Waals surface area contributed by atoms with E-state index in [4.69, 9.17) is 4.74 Å². The molecule has 1 amide bonds. The predicted octanol–water partition coefficient (Wildman–Crippen LogP) is -0.237. The maximum absolute atomic E-state index is 11.7. The lowest BCUT2D eigenvalue weighted by Gasteiger charge is -2.23. The molecular weight excluding hydrogens is 234 g/mol. The van der Waals surface area contributed by atoms with Crippen LogP contribution in [0.25, 0.3) is 0 Å². The number of rotatable bonds is 7. The molecule has 2 N–H and O–H groups in total. The van der Waals surface area contributed by atoms with Crippen LogP contribution in [-0.2, 0) is 14.3 Å². The lowest BCUT2D eigenvalue weighted by atomic mass is 10.2. The van der Waals surface area contributed by atoms with E-state index >= 15 is 0 Å². The number of carbonyl (C=O) groups is 1. The summed E-state index contributed by atoms with van der Waals surface area (Å²) in [6, 6.07) is 0.0331. The minimum atomic E-state index is -2.46. The number of alkyl halides is 2. The fourth-order valence-corrected chi connectivity index (χ4v) is 1.48. The van der Waals surface area contributed by atoms with Crippen molar-refractivity contribution in [1.29, 1.82) is 0 Å². The number of hydrogen-bond donors (Lipinski definition) is 2. The van der Waals surface area contributed by atoms with Crippen LogP contribution in [0.4, 0.5) is 8.78 Å². The Balaban J connectivity index is 1.97. The Morgan fingerprint density at radius 3 is 3.06 bits per heavy atom. The van der Waals surface area contributed by atoms with Crippen LogP contribution < -0.4 is 10.6 Å². The summed E-state index contributed by atoms with van der Waals surface area (Å²) in [6.45, 7) is 1.70. The van der Waals surface area contributed by atoms with Gasteiger partial charge in [-0.05, 0) is 0 Å². The number of carbonyl (C=O) groups excluding carboxylic acids is 1. The van der Waals surface area contributed by atoms with Gasteiger partial charge in [0.1, 0.15) is 6.61 Å². The molecule has 1 heterocycles. The number of amides is 1. The van der Waals surface area contributed by atoms with Gasteiger partial charge in [-0.3, -0.25) is 4.79 Å². The van der Waals surface area contributed by atoms with E-state index in [1.807, 2.05) is 0 Å². The number of morpholine rings is 1. The van der Waals surface area contributed by atoms with Gasteiger partial charge in [0.15, 0.2) is 0 Å². The van der Waals surface area contributed by atoms with Crippen molar-refractivity contribution in [2.45, 2.75) is 18.9 Å². The topological polar surface area (TPSA) is 59.6 Å². The first-order valence-corrected chi connectivity index (χ1v) is 5.62. The fraction of sp³-hybridized carbons (Fsp3) is 0.900. The van der Waals surface area contributed by atoms with E-state index in [1.54, 1.807) is 0 Å². The van der Waals surface area contributed by atoms with Gasteiger partial charge in [0.25, 0.3) is 6.43 Å². The van der Waals surface area contributed by atoms with Crippen molar-refractivity contribution < 1.29 is 23.0 Å².